The number of pyridine rings is 1. The Labute approximate surface area is 250 Å². The van der Waals surface area contributed by atoms with E-state index in [0.717, 1.165) is 24.3 Å². The van der Waals surface area contributed by atoms with Crippen molar-refractivity contribution in [2.24, 2.45) is 5.73 Å². The molecule has 0 fully saturated rings. The average Bonchev–Trinajstić information content (AvgIpc) is 3.32. The lowest BCUT2D eigenvalue weighted by molar-refractivity contribution is -0.142. The summed E-state index contributed by atoms with van der Waals surface area (Å²) in [7, 11) is 0. The molecule has 0 saturated carbocycles. The van der Waals surface area contributed by atoms with E-state index >= 15 is 0 Å². The molecule has 0 aliphatic heterocycles. The molecule has 0 radical (unpaired) electrons. The Balaban J connectivity index is 1.55. The van der Waals surface area contributed by atoms with Crippen LogP contribution in [-0.2, 0) is 36.3 Å². The Kier molecular flexibility index (Phi) is 8.38. The van der Waals surface area contributed by atoms with Gasteiger partial charge in [0.25, 0.3) is 11.8 Å². The summed E-state index contributed by atoms with van der Waals surface area (Å²) in [5, 5.41) is 5.85. The van der Waals surface area contributed by atoms with Gasteiger partial charge in [-0.15, -0.1) is 0 Å². The maximum atomic E-state index is 14.9. The number of hydrogen-bond acceptors (Lipinski definition) is 4. The molecule has 1 atom stereocenters. The zero-order valence-corrected chi connectivity index (χ0v) is 23.1. The molecule has 3 N–H and O–H groups in total. The summed E-state index contributed by atoms with van der Waals surface area (Å²) < 4.78 is 113. The highest BCUT2D eigenvalue weighted by atomic mass is 19.4. The second-order valence-electron chi connectivity index (χ2n) is 10.5. The second kappa shape index (κ2) is 11.9. The van der Waals surface area contributed by atoms with Crippen LogP contribution in [0.4, 0.5) is 35.1 Å². The summed E-state index contributed by atoms with van der Waals surface area (Å²) in [5.74, 6) is -8.60. The van der Waals surface area contributed by atoms with Gasteiger partial charge in [0.05, 0.1) is 17.3 Å². The molecular formula is C30H23F8N5O2. The van der Waals surface area contributed by atoms with Crippen LogP contribution in [0.25, 0.3) is 11.1 Å². The highest BCUT2D eigenvalue weighted by molar-refractivity contribution is 5.94. The second-order valence-corrected chi connectivity index (χ2v) is 10.5. The normalized spacial score (nSPS) is 14.9. The minimum atomic E-state index is -5.05. The third kappa shape index (κ3) is 6.66. The number of nitrogens with two attached hydrogens (primary N) is 1. The Hall–Kier alpha value is -4.82. The number of aromatic nitrogens is 3. The first-order chi connectivity index (χ1) is 21.1. The summed E-state index contributed by atoms with van der Waals surface area (Å²) in [6, 6.07) is 7.69. The topological polar surface area (TPSA) is 103 Å². The van der Waals surface area contributed by atoms with Gasteiger partial charge in [0.1, 0.15) is 29.7 Å². The molecule has 1 aliphatic rings. The zero-order valence-electron chi connectivity index (χ0n) is 23.1. The van der Waals surface area contributed by atoms with Crippen molar-refractivity contribution in [3.05, 3.63) is 106 Å². The van der Waals surface area contributed by atoms with E-state index in [0.29, 0.717) is 10.7 Å². The maximum absolute atomic E-state index is 14.9. The monoisotopic (exact) mass is 637 g/mol. The average molecular weight is 638 g/mol. The van der Waals surface area contributed by atoms with Gasteiger partial charge in [-0.2, -0.15) is 27.1 Å². The summed E-state index contributed by atoms with van der Waals surface area (Å²) in [4.78, 5) is 29.4. The van der Waals surface area contributed by atoms with E-state index < -0.39 is 82.9 Å². The number of benzene rings is 2. The van der Waals surface area contributed by atoms with Gasteiger partial charge in [0, 0.05) is 29.8 Å². The third-order valence-electron chi connectivity index (χ3n) is 7.29. The van der Waals surface area contributed by atoms with Gasteiger partial charge in [-0.3, -0.25) is 19.3 Å². The number of nitrogens with one attached hydrogen (secondary N) is 1. The van der Waals surface area contributed by atoms with Gasteiger partial charge in [0.2, 0.25) is 5.91 Å². The van der Waals surface area contributed by atoms with Gasteiger partial charge in [-0.25, -0.2) is 13.2 Å². The lowest BCUT2D eigenvalue weighted by Crippen LogP contribution is -2.35. The molecule has 5 rings (SSSR count). The molecule has 0 saturated heterocycles. The molecule has 0 unspecified atom stereocenters. The van der Waals surface area contributed by atoms with Crippen molar-refractivity contribution in [3.8, 4) is 11.1 Å². The van der Waals surface area contributed by atoms with Crippen LogP contribution in [0.15, 0.2) is 54.7 Å². The molecule has 4 aromatic rings. The van der Waals surface area contributed by atoms with Crippen LogP contribution >= 0.6 is 0 Å². The molecule has 0 bridgehead atoms. The number of carbonyl (C=O) groups is 2. The first-order valence-electron chi connectivity index (χ1n) is 13.5. The number of rotatable bonds is 8. The Bertz CT molecular complexity index is 1770. The van der Waals surface area contributed by atoms with Crippen LogP contribution in [0.3, 0.4) is 0 Å². The van der Waals surface area contributed by atoms with E-state index in [1.807, 2.05) is 0 Å². The number of fused-ring (bicyclic) bond motifs is 1. The first-order valence-corrected chi connectivity index (χ1v) is 13.5. The molecule has 2 heterocycles. The molecule has 236 valence electrons. The number of amides is 2. The number of halogens is 8. The number of carbonyl (C=O) groups excluding carboxylic acids is 2. The van der Waals surface area contributed by atoms with Gasteiger partial charge >= 0.3 is 6.18 Å². The van der Waals surface area contributed by atoms with Crippen molar-refractivity contribution in [1.82, 2.24) is 20.1 Å². The summed E-state index contributed by atoms with van der Waals surface area (Å²) in [6.45, 7) is -1.05. The minimum absolute atomic E-state index is 0.0358. The van der Waals surface area contributed by atoms with Gasteiger partial charge < -0.3 is 11.1 Å². The van der Waals surface area contributed by atoms with Crippen molar-refractivity contribution in [1.29, 1.82) is 0 Å². The number of hydrogen-bond donors (Lipinski definition) is 2. The summed E-state index contributed by atoms with van der Waals surface area (Å²) in [6.07, 6.45) is -5.32. The van der Waals surface area contributed by atoms with Crippen molar-refractivity contribution < 1.29 is 44.7 Å². The number of alkyl halides is 5. The zero-order chi connectivity index (χ0) is 32.7. The highest BCUT2D eigenvalue weighted by Gasteiger charge is 2.48. The van der Waals surface area contributed by atoms with Crippen LogP contribution in [0, 0.1) is 17.5 Å². The Morgan fingerprint density at radius 3 is 2.42 bits per heavy atom. The van der Waals surface area contributed by atoms with Gasteiger partial charge in [-0.05, 0) is 60.7 Å². The van der Waals surface area contributed by atoms with E-state index in [9.17, 15) is 44.7 Å². The van der Waals surface area contributed by atoms with E-state index in [1.54, 1.807) is 0 Å². The quantitative estimate of drug-likeness (QED) is 0.231. The molecular weight excluding hydrogens is 614 g/mol. The summed E-state index contributed by atoms with van der Waals surface area (Å²) >= 11 is 0. The predicted molar refractivity (Wildman–Crippen MR) is 143 cm³/mol. The Morgan fingerprint density at radius 1 is 1.04 bits per heavy atom. The minimum Gasteiger partial charge on any atom is -0.366 e. The number of nitrogens with zero attached hydrogens (tertiary/aromatic N) is 3. The van der Waals surface area contributed by atoms with Crippen LogP contribution in [0.5, 0.6) is 0 Å². The number of primary amides is 1. The fourth-order valence-electron chi connectivity index (χ4n) is 5.47. The fraction of sp³-hybridized carbons (Fsp3) is 0.267. The van der Waals surface area contributed by atoms with E-state index in [1.165, 1.54) is 24.4 Å². The smallest absolute Gasteiger partial charge is 0.366 e. The van der Waals surface area contributed by atoms with Crippen molar-refractivity contribution in [3.63, 3.8) is 0 Å². The molecule has 7 nitrogen and oxygen atoms in total. The molecule has 2 amide bonds. The summed E-state index contributed by atoms with van der Waals surface area (Å²) in [5.41, 5.74) is 2.13. The van der Waals surface area contributed by atoms with Crippen LogP contribution < -0.4 is 11.1 Å². The largest absolute Gasteiger partial charge is 0.435 e. The van der Waals surface area contributed by atoms with Gasteiger partial charge in [-0.1, -0.05) is 12.1 Å². The molecule has 2 aromatic carbocycles. The molecule has 15 heteroatoms. The lowest BCUT2D eigenvalue weighted by Gasteiger charge is -2.25. The van der Waals surface area contributed by atoms with Crippen molar-refractivity contribution in [2.75, 3.05) is 0 Å². The van der Waals surface area contributed by atoms with E-state index in [-0.39, 0.29) is 41.6 Å². The third-order valence-corrected chi connectivity index (χ3v) is 7.29. The van der Waals surface area contributed by atoms with Gasteiger partial charge in [0.15, 0.2) is 5.69 Å². The predicted octanol–water partition coefficient (Wildman–Crippen LogP) is 6.01. The molecule has 0 spiro atoms. The van der Waals surface area contributed by atoms with E-state index in [2.05, 4.69) is 15.4 Å². The standard InChI is InChI=1S/C30H23F8N5O2/c31-17-9-15(10-18(32)13-17)11-23(25-19(4-2-8-40-25)16-5-6-22(33)21(12-16)28(39)45)41-24(44)14-43-27-20(3-1-7-29(27,34)35)26(42-43)30(36,37)38/h2,4-6,8-10,12-13,23H,1,3,7,11,14H2,(H2,39,45)(H,41,44)/t23-/m0/s1. The molecule has 1 aliphatic carbocycles. The van der Waals surface area contributed by atoms with E-state index in [4.69, 9.17) is 5.73 Å². The lowest BCUT2D eigenvalue weighted by atomic mass is 9.92. The van der Waals surface area contributed by atoms with Crippen molar-refractivity contribution in [2.45, 2.75) is 50.4 Å². The maximum Gasteiger partial charge on any atom is 0.435 e. The first kappa shape index (κ1) is 31.6. The van der Waals surface area contributed by atoms with Crippen LogP contribution in [0.2, 0.25) is 0 Å². The molecule has 2 aromatic heterocycles. The fourth-order valence-corrected chi connectivity index (χ4v) is 5.47. The highest BCUT2D eigenvalue weighted by Crippen LogP contribution is 2.44. The van der Waals surface area contributed by atoms with Crippen molar-refractivity contribution >= 4 is 11.8 Å². The van der Waals surface area contributed by atoms with Crippen LogP contribution in [-0.4, -0.2) is 26.6 Å². The SMILES string of the molecule is NC(=O)c1cc(-c2cccnc2[C@H](Cc2cc(F)cc(F)c2)NC(=O)Cn2nc(C(F)(F)F)c3c2C(F)(F)CCC3)ccc1F. The Morgan fingerprint density at radius 2 is 1.76 bits per heavy atom. The molecule has 45 heavy (non-hydrogen) atoms. The van der Waals surface area contributed by atoms with Crippen LogP contribution in [0.1, 0.15) is 57.5 Å².